The van der Waals surface area contributed by atoms with Gasteiger partial charge in [-0.25, -0.2) is 0 Å². The molecule has 1 atom stereocenters. The van der Waals surface area contributed by atoms with Gasteiger partial charge in [0.2, 0.25) is 0 Å². The maximum absolute atomic E-state index is 6.27. The van der Waals surface area contributed by atoms with E-state index in [1.165, 1.54) is 30.5 Å². The van der Waals surface area contributed by atoms with Gasteiger partial charge in [0.15, 0.2) is 0 Å². The first-order valence-electron chi connectivity index (χ1n) is 8.42. The molecule has 2 rings (SSSR count). The maximum atomic E-state index is 6.27. The number of nitrogens with zero attached hydrogens (tertiary/aromatic N) is 1. The van der Waals surface area contributed by atoms with E-state index in [1.807, 2.05) is 13.1 Å². The molecular weight excluding hydrogens is 292 g/mol. The zero-order valence-electron chi connectivity index (χ0n) is 14.2. The minimum absolute atomic E-state index is 0.456. The largest absolute Gasteiger partial charge is 0.320 e. The molecule has 0 amide bonds. The van der Waals surface area contributed by atoms with E-state index < -0.39 is 0 Å². The number of halogens is 1. The van der Waals surface area contributed by atoms with Gasteiger partial charge in [-0.1, -0.05) is 29.3 Å². The van der Waals surface area contributed by atoms with Crippen LogP contribution in [0.3, 0.4) is 0 Å². The fraction of sp³-hybridized carbons (Fsp3) is 0.579. The Bertz CT molecular complexity index is 510. The predicted molar refractivity (Wildman–Crippen MR) is 96.7 cm³/mol. The van der Waals surface area contributed by atoms with Gasteiger partial charge in [0, 0.05) is 17.6 Å². The number of rotatable bonds is 5. The molecule has 0 bridgehead atoms. The first kappa shape index (κ1) is 17.5. The van der Waals surface area contributed by atoms with E-state index in [-0.39, 0.29) is 0 Å². The number of hydrogen-bond acceptors (Lipinski definition) is 2. The van der Waals surface area contributed by atoms with Gasteiger partial charge in [-0.3, -0.25) is 4.90 Å². The molecule has 0 fully saturated rings. The summed E-state index contributed by atoms with van der Waals surface area (Å²) >= 11 is 6.27. The Morgan fingerprint density at radius 1 is 1.27 bits per heavy atom. The zero-order chi connectivity index (χ0) is 15.9. The Hall–Kier alpha value is -0.830. The SMILES string of the molecule is CNCC[C@@H](c1cc(Cl)ccc1C)N1CC/C=C(\C)CCC1. The maximum Gasteiger partial charge on any atom is 0.0409 e. The van der Waals surface area contributed by atoms with Crippen molar-refractivity contribution in [2.45, 2.75) is 45.6 Å². The number of aryl methyl sites for hydroxylation is 1. The summed E-state index contributed by atoms with van der Waals surface area (Å²) in [4.78, 5) is 2.65. The summed E-state index contributed by atoms with van der Waals surface area (Å²) in [5.41, 5.74) is 4.29. The molecule has 0 radical (unpaired) electrons. The van der Waals surface area contributed by atoms with Gasteiger partial charge in [-0.15, -0.1) is 0 Å². The van der Waals surface area contributed by atoms with Crippen LogP contribution in [0.15, 0.2) is 29.8 Å². The second-order valence-electron chi connectivity index (χ2n) is 6.39. The second-order valence-corrected chi connectivity index (χ2v) is 6.82. The lowest BCUT2D eigenvalue weighted by molar-refractivity contribution is 0.185. The molecule has 1 N–H and O–H groups in total. The topological polar surface area (TPSA) is 15.3 Å². The lowest BCUT2D eigenvalue weighted by Crippen LogP contribution is -2.33. The molecule has 122 valence electrons. The third kappa shape index (κ3) is 4.84. The Labute approximate surface area is 140 Å². The number of allylic oxidation sites excluding steroid dienone is 1. The first-order valence-corrected chi connectivity index (χ1v) is 8.80. The molecule has 3 heteroatoms. The molecule has 1 heterocycles. The van der Waals surface area contributed by atoms with E-state index in [0.717, 1.165) is 31.0 Å². The standard InChI is InChI=1S/C19H29ClN2/c1-15-6-4-12-22(13-5-7-15)19(10-11-21-3)18-14-17(20)9-8-16(18)2/h6,8-9,14,19,21H,4-5,7,10-13H2,1-3H3/b15-6+/t19-/m0/s1. The zero-order valence-corrected chi connectivity index (χ0v) is 14.9. The van der Waals surface area contributed by atoms with Crippen molar-refractivity contribution < 1.29 is 0 Å². The third-order valence-electron chi connectivity index (χ3n) is 4.63. The number of nitrogens with one attached hydrogen (secondary N) is 1. The molecule has 2 nitrogen and oxygen atoms in total. The number of benzene rings is 1. The van der Waals surface area contributed by atoms with Crippen LogP contribution in [0.4, 0.5) is 0 Å². The molecule has 22 heavy (non-hydrogen) atoms. The van der Waals surface area contributed by atoms with Crippen LogP contribution in [-0.2, 0) is 0 Å². The van der Waals surface area contributed by atoms with Crippen molar-refractivity contribution in [1.29, 1.82) is 0 Å². The van der Waals surface area contributed by atoms with Crippen molar-refractivity contribution in [3.63, 3.8) is 0 Å². The Kier molecular flexibility index (Phi) is 6.94. The summed E-state index contributed by atoms with van der Waals surface area (Å²) in [5, 5.41) is 4.15. The predicted octanol–water partition coefficient (Wildman–Crippen LogP) is 4.73. The average molecular weight is 321 g/mol. The molecule has 0 saturated carbocycles. The summed E-state index contributed by atoms with van der Waals surface area (Å²) in [6, 6.07) is 6.77. The summed E-state index contributed by atoms with van der Waals surface area (Å²) in [5.74, 6) is 0. The minimum Gasteiger partial charge on any atom is -0.320 e. The minimum atomic E-state index is 0.456. The molecule has 1 aromatic rings. The monoisotopic (exact) mass is 320 g/mol. The van der Waals surface area contributed by atoms with E-state index >= 15 is 0 Å². The van der Waals surface area contributed by atoms with Crippen molar-refractivity contribution >= 4 is 11.6 Å². The fourth-order valence-corrected chi connectivity index (χ4v) is 3.53. The first-order chi connectivity index (χ1) is 10.6. The molecule has 1 aromatic carbocycles. The molecule has 0 saturated heterocycles. The van der Waals surface area contributed by atoms with E-state index in [2.05, 4.69) is 42.3 Å². The summed E-state index contributed by atoms with van der Waals surface area (Å²) in [7, 11) is 2.03. The van der Waals surface area contributed by atoms with Gasteiger partial charge in [0.05, 0.1) is 0 Å². The van der Waals surface area contributed by atoms with Gasteiger partial charge < -0.3 is 5.32 Å². The third-order valence-corrected chi connectivity index (χ3v) is 4.87. The summed E-state index contributed by atoms with van der Waals surface area (Å²) in [6.45, 7) is 7.80. The van der Waals surface area contributed by atoms with Crippen molar-refractivity contribution in [2.75, 3.05) is 26.7 Å². The number of hydrogen-bond donors (Lipinski definition) is 1. The molecule has 0 aromatic heterocycles. The van der Waals surface area contributed by atoms with Crippen LogP contribution in [0, 0.1) is 6.92 Å². The average Bonchev–Trinajstić information content (AvgIpc) is 2.47. The molecule has 0 aliphatic carbocycles. The van der Waals surface area contributed by atoms with Crippen LogP contribution >= 0.6 is 11.6 Å². The highest BCUT2D eigenvalue weighted by atomic mass is 35.5. The summed E-state index contributed by atoms with van der Waals surface area (Å²) < 4.78 is 0. The highest BCUT2D eigenvalue weighted by Gasteiger charge is 2.22. The quantitative estimate of drug-likeness (QED) is 0.789. The molecule has 1 aliphatic heterocycles. The molecule has 0 unspecified atom stereocenters. The van der Waals surface area contributed by atoms with Crippen molar-refractivity contribution in [3.8, 4) is 0 Å². The van der Waals surface area contributed by atoms with Gasteiger partial charge >= 0.3 is 0 Å². The fourth-order valence-electron chi connectivity index (χ4n) is 3.35. The summed E-state index contributed by atoms with van der Waals surface area (Å²) in [6.07, 6.45) is 7.16. The van der Waals surface area contributed by atoms with Crippen LogP contribution < -0.4 is 5.32 Å². The van der Waals surface area contributed by atoms with E-state index in [1.54, 1.807) is 5.57 Å². The lowest BCUT2D eigenvalue weighted by atomic mass is 9.95. The van der Waals surface area contributed by atoms with E-state index in [4.69, 9.17) is 11.6 Å². The van der Waals surface area contributed by atoms with Crippen LogP contribution in [0.1, 0.15) is 49.8 Å². The van der Waals surface area contributed by atoms with E-state index in [0.29, 0.717) is 6.04 Å². The Balaban J connectivity index is 2.23. The molecule has 1 aliphatic rings. The van der Waals surface area contributed by atoms with Crippen LogP contribution in [0.25, 0.3) is 0 Å². The molecular formula is C19H29ClN2. The molecule has 0 spiro atoms. The van der Waals surface area contributed by atoms with Gasteiger partial charge in [-0.2, -0.15) is 0 Å². The van der Waals surface area contributed by atoms with Gasteiger partial charge in [0.1, 0.15) is 0 Å². The smallest absolute Gasteiger partial charge is 0.0409 e. The Morgan fingerprint density at radius 3 is 2.86 bits per heavy atom. The van der Waals surface area contributed by atoms with Gasteiger partial charge in [-0.05, 0) is 82.9 Å². The van der Waals surface area contributed by atoms with E-state index in [9.17, 15) is 0 Å². The van der Waals surface area contributed by atoms with Crippen LogP contribution in [0.5, 0.6) is 0 Å². The normalized spacial score (nSPS) is 20.8. The second kappa shape index (κ2) is 8.71. The van der Waals surface area contributed by atoms with Crippen molar-refractivity contribution in [2.24, 2.45) is 0 Å². The van der Waals surface area contributed by atoms with Crippen LogP contribution in [0.2, 0.25) is 5.02 Å². The highest BCUT2D eigenvalue weighted by molar-refractivity contribution is 6.30. The highest BCUT2D eigenvalue weighted by Crippen LogP contribution is 2.30. The van der Waals surface area contributed by atoms with Crippen molar-refractivity contribution in [1.82, 2.24) is 10.2 Å². The van der Waals surface area contributed by atoms with Crippen molar-refractivity contribution in [3.05, 3.63) is 46.0 Å². The van der Waals surface area contributed by atoms with Crippen LogP contribution in [-0.4, -0.2) is 31.6 Å². The van der Waals surface area contributed by atoms with Gasteiger partial charge in [0.25, 0.3) is 0 Å². The lowest BCUT2D eigenvalue weighted by Gasteiger charge is -2.34. The Morgan fingerprint density at radius 2 is 2.09 bits per heavy atom.